The summed E-state index contributed by atoms with van der Waals surface area (Å²) in [6.45, 7) is 1.02. The molecule has 9 nitrogen and oxygen atoms in total. The highest BCUT2D eigenvalue weighted by Crippen LogP contribution is 2.49. The minimum atomic E-state index is -4.47. The molecule has 0 saturated carbocycles. The summed E-state index contributed by atoms with van der Waals surface area (Å²) in [6.07, 6.45) is -3.16. The summed E-state index contributed by atoms with van der Waals surface area (Å²) in [4.78, 5) is 14.3. The Labute approximate surface area is 169 Å². The minimum absolute atomic E-state index is 0.106. The monoisotopic (exact) mass is 423 g/mol. The average molecular weight is 423 g/mol. The standard InChI is InChI=1S/C18H20F3N7O2/c19-18(20,21)17(24-25-17)9-13-2-1-7-28(10-13)16(29)8-12-3-5-14(6-4-12)30-11-15-22-26-27-23-15/h3-6,13H,1-2,7-11H2,(H,22,23,26,27). The molecule has 0 spiro atoms. The van der Waals surface area contributed by atoms with Crippen molar-refractivity contribution in [2.45, 2.75) is 44.1 Å². The highest BCUT2D eigenvalue weighted by Gasteiger charge is 2.64. The summed E-state index contributed by atoms with van der Waals surface area (Å²) < 4.78 is 44.7. The van der Waals surface area contributed by atoms with Gasteiger partial charge < -0.3 is 9.64 Å². The number of hydrogen-bond donors (Lipinski definition) is 1. The molecule has 0 radical (unpaired) electrons. The first-order valence-electron chi connectivity index (χ1n) is 9.57. The molecule has 0 aliphatic carbocycles. The summed E-state index contributed by atoms with van der Waals surface area (Å²) in [7, 11) is 0. The van der Waals surface area contributed by atoms with E-state index in [1.165, 1.54) is 0 Å². The zero-order valence-corrected chi connectivity index (χ0v) is 16.0. The number of piperidine rings is 1. The van der Waals surface area contributed by atoms with E-state index in [0.717, 1.165) is 5.56 Å². The van der Waals surface area contributed by atoms with Gasteiger partial charge >= 0.3 is 6.18 Å². The molecule has 1 atom stereocenters. The van der Waals surface area contributed by atoms with Crippen molar-refractivity contribution >= 4 is 5.91 Å². The van der Waals surface area contributed by atoms with Crippen LogP contribution in [0.5, 0.6) is 5.75 Å². The number of rotatable bonds is 7. The molecule has 0 bridgehead atoms. The number of H-pyrrole nitrogens is 1. The first-order valence-corrected chi connectivity index (χ1v) is 9.57. The van der Waals surface area contributed by atoms with Gasteiger partial charge in [0.05, 0.1) is 6.42 Å². The number of nitrogens with zero attached hydrogens (tertiary/aromatic N) is 6. The van der Waals surface area contributed by atoms with Crippen molar-refractivity contribution in [2.24, 2.45) is 16.1 Å². The predicted octanol–water partition coefficient (Wildman–Crippen LogP) is 2.67. The van der Waals surface area contributed by atoms with Gasteiger partial charge in [-0.15, -0.1) is 20.4 Å². The molecular formula is C18H20F3N7O2. The molecule has 1 aromatic heterocycles. The van der Waals surface area contributed by atoms with Crippen molar-refractivity contribution in [1.29, 1.82) is 0 Å². The lowest BCUT2D eigenvalue weighted by Gasteiger charge is -2.34. The Bertz CT molecular complexity index is 894. The maximum atomic E-state index is 13.1. The molecule has 2 aliphatic heterocycles. The van der Waals surface area contributed by atoms with Crippen LogP contribution in [-0.2, 0) is 17.8 Å². The van der Waals surface area contributed by atoms with Crippen molar-refractivity contribution in [3.05, 3.63) is 35.7 Å². The smallest absolute Gasteiger partial charge is 0.437 e. The van der Waals surface area contributed by atoms with E-state index in [-0.39, 0.29) is 31.3 Å². The Balaban J connectivity index is 1.28. The van der Waals surface area contributed by atoms with Crippen LogP contribution in [0.1, 0.15) is 30.7 Å². The quantitative estimate of drug-likeness (QED) is 0.737. The van der Waals surface area contributed by atoms with E-state index >= 15 is 0 Å². The minimum Gasteiger partial charge on any atom is -0.485 e. The predicted molar refractivity (Wildman–Crippen MR) is 96.2 cm³/mol. The van der Waals surface area contributed by atoms with Gasteiger partial charge in [0.25, 0.3) is 5.66 Å². The Morgan fingerprint density at radius 3 is 2.67 bits per heavy atom. The SMILES string of the molecule is O=C(Cc1ccc(OCc2nn[nH]n2)cc1)N1CCCC(CC2(C(F)(F)F)N=N2)C1. The molecule has 12 heteroatoms. The van der Waals surface area contributed by atoms with Gasteiger partial charge in [0.2, 0.25) is 11.7 Å². The first kappa shape index (κ1) is 20.2. The molecule has 1 fully saturated rings. The van der Waals surface area contributed by atoms with Crippen molar-refractivity contribution in [3.63, 3.8) is 0 Å². The molecule has 1 aromatic carbocycles. The lowest BCUT2D eigenvalue weighted by Crippen LogP contribution is -2.44. The second kappa shape index (κ2) is 8.00. The molecule has 2 aromatic rings. The van der Waals surface area contributed by atoms with Crippen LogP contribution < -0.4 is 4.74 Å². The number of halogens is 3. The molecule has 4 rings (SSSR count). The van der Waals surface area contributed by atoms with Crippen molar-refractivity contribution in [3.8, 4) is 5.75 Å². The number of benzene rings is 1. The maximum absolute atomic E-state index is 13.1. The summed E-state index contributed by atoms with van der Waals surface area (Å²) in [6, 6.07) is 7.05. The van der Waals surface area contributed by atoms with Crippen LogP contribution in [-0.4, -0.2) is 56.4 Å². The topological polar surface area (TPSA) is 109 Å². The zero-order valence-electron chi connectivity index (χ0n) is 16.0. The fourth-order valence-corrected chi connectivity index (χ4v) is 3.61. The number of carbonyl (C=O) groups excluding carboxylic acids is 1. The average Bonchev–Trinajstić information content (AvgIpc) is 3.33. The second-order valence-electron chi connectivity index (χ2n) is 7.50. The molecule has 160 valence electrons. The Hall–Kier alpha value is -3.05. The zero-order chi connectivity index (χ0) is 21.2. The summed E-state index contributed by atoms with van der Waals surface area (Å²) in [5, 5.41) is 19.9. The normalized spacial score (nSPS) is 20.2. The van der Waals surface area contributed by atoms with E-state index in [1.54, 1.807) is 29.2 Å². The van der Waals surface area contributed by atoms with Crippen LogP contribution in [0.3, 0.4) is 0 Å². The third-order valence-corrected chi connectivity index (χ3v) is 5.28. The number of carbonyl (C=O) groups is 1. The van der Waals surface area contributed by atoms with E-state index in [4.69, 9.17) is 4.74 Å². The van der Waals surface area contributed by atoms with Crippen LogP contribution in [0.15, 0.2) is 34.5 Å². The summed E-state index contributed by atoms with van der Waals surface area (Å²) in [5.74, 6) is 0.655. The van der Waals surface area contributed by atoms with E-state index in [9.17, 15) is 18.0 Å². The number of nitrogens with one attached hydrogen (secondary N) is 1. The molecule has 3 heterocycles. The molecular weight excluding hydrogens is 403 g/mol. The number of hydrogen-bond acceptors (Lipinski definition) is 7. The summed E-state index contributed by atoms with van der Waals surface area (Å²) in [5.41, 5.74) is -1.45. The van der Waals surface area contributed by atoms with Crippen molar-refractivity contribution in [2.75, 3.05) is 13.1 Å². The van der Waals surface area contributed by atoms with Crippen LogP contribution in [0.25, 0.3) is 0 Å². The van der Waals surface area contributed by atoms with Gasteiger partial charge in [0.15, 0.2) is 6.61 Å². The molecule has 2 aliphatic rings. The van der Waals surface area contributed by atoms with E-state index < -0.39 is 11.8 Å². The van der Waals surface area contributed by atoms with Crippen molar-refractivity contribution < 1.29 is 22.7 Å². The van der Waals surface area contributed by atoms with Crippen LogP contribution in [0.4, 0.5) is 13.2 Å². The molecule has 1 saturated heterocycles. The Kier molecular flexibility index (Phi) is 5.39. The Morgan fingerprint density at radius 2 is 2.03 bits per heavy atom. The largest absolute Gasteiger partial charge is 0.485 e. The van der Waals surface area contributed by atoms with Gasteiger partial charge in [-0.1, -0.05) is 17.3 Å². The third kappa shape index (κ3) is 4.57. The number of aromatic nitrogens is 4. The molecule has 1 amide bonds. The number of alkyl halides is 3. The first-order chi connectivity index (χ1) is 14.3. The molecule has 1 unspecified atom stereocenters. The van der Waals surface area contributed by atoms with Gasteiger partial charge in [0, 0.05) is 19.5 Å². The highest BCUT2D eigenvalue weighted by atomic mass is 19.4. The fourth-order valence-electron chi connectivity index (χ4n) is 3.61. The van der Waals surface area contributed by atoms with Gasteiger partial charge in [0.1, 0.15) is 5.75 Å². The van der Waals surface area contributed by atoms with Crippen LogP contribution in [0.2, 0.25) is 0 Å². The molecule has 1 N–H and O–H groups in total. The number of aromatic amines is 1. The van der Waals surface area contributed by atoms with Gasteiger partial charge in [-0.2, -0.15) is 18.4 Å². The fraction of sp³-hybridized carbons (Fsp3) is 0.556. The number of likely N-dealkylation sites (tertiary alicyclic amines) is 1. The summed E-state index contributed by atoms with van der Waals surface area (Å²) >= 11 is 0. The maximum Gasteiger partial charge on any atom is 0.437 e. The van der Waals surface area contributed by atoms with Crippen molar-refractivity contribution in [1.82, 2.24) is 25.5 Å². The number of ether oxygens (including phenoxy) is 1. The van der Waals surface area contributed by atoms with E-state index in [0.29, 0.717) is 37.5 Å². The number of tetrazole rings is 1. The Morgan fingerprint density at radius 1 is 1.27 bits per heavy atom. The van der Waals surface area contributed by atoms with Gasteiger partial charge in [-0.3, -0.25) is 4.79 Å². The van der Waals surface area contributed by atoms with Crippen LogP contribution in [0, 0.1) is 5.92 Å². The van der Waals surface area contributed by atoms with Gasteiger partial charge in [-0.25, -0.2) is 0 Å². The third-order valence-electron chi connectivity index (χ3n) is 5.28. The highest BCUT2D eigenvalue weighted by molar-refractivity contribution is 5.78. The van der Waals surface area contributed by atoms with Gasteiger partial charge in [-0.05, 0) is 36.5 Å². The molecule has 30 heavy (non-hydrogen) atoms. The lowest BCUT2D eigenvalue weighted by atomic mass is 9.89. The van der Waals surface area contributed by atoms with E-state index in [2.05, 4.69) is 30.9 Å². The lowest BCUT2D eigenvalue weighted by molar-refractivity contribution is -0.168. The van der Waals surface area contributed by atoms with Crippen LogP contribution >= 0.6 is 0 Å². The number of amides is 1. The van der Waals surface area contributed by atoms with E-state index in [1.807, 2.05) is 0 Å². The second-order valence-corrected chi connectivity index (χ2v) is 7.50.